The van der Waals surface area contributed by atoms with Gasteiger partial charge < -0.3 is 15.1 Å². The minimum atomic E-state index is -4.59. The fourth-order valence-electron chi connectivity index (χ4n) is 5.60. The van der Waals surface area contributed by atoms with Crippen LogP contribution in [0.4, 0.5) is 18.9 Å². The second kappa shape index (κ2) is 8.47. The predicted octanol–water partition coefficient (Wildman–Crippen LogP) is 3.84. The Morgan fingerprint density at radius 3 is 2.38 bits per heavy atom. The van der Waals surface area contributed by atoms with Crippen molar-refractivity contribution < 1.29 is 22.8 Å². The van der Waals surface area contributed by atoms with Gasteiger partial charge in [0.1, 0.15) is 6.04 Å². The lowest BCUT2D eigenvalue weighted by Gasteiger charge is -2.40. The Kier molecular flexibility index (Phi) is 5.73. The van der Waals surface area contributed by atoms with Crippen LogP contribution >= 0.6 is 0 Å². The van der Waals surface area contributed by atoms with E-state index in [0.29, 0.717) is 44.6 Å². The van der Waals surface area contributed by atoms with E-state index in [1.807, 2.05) is 4.90 Å². The Morgan fingerprint density at radius 1 is 1.12 bits per heavy atom. The maximum Gasteiger partial charge on any atom is 0.417 e. The Labute approximate surface area is 197 Å². The number of alkyl halides is 3. The first kappa shape index (κ1) is 23.0. The first-order valence-electron chi connectivity index (χ1n) is 12.2. The van der Waals surface area contributed by atoms with Crippen LogP contribution in [-0.2, 0) is 15.8 Å². The van der Waals surface area contributed by atoms with Gasteiger partial charge in [-0.2, -0.15) is 18.4 Å². The number of likely N-dealkylation sites (tertiary alicyclic amines) is 1. The zero-order chi connectivity index (χ0) is 24.1. The molecule has 4 aliphatic rings. The van der Waals surface area contributed by atoms with E-state index < -0.39 is 17.8 Å². The smallest absolute Gasteiger partial charge is 0.371 e. The van der Waals surface area contributed by atoms with Crippen LogP contribution in [0.2, 0.25) is 0 Å². The predicted molar refractivity (Wildman–Crippen MR) is 119 cm³/mol. The van der Waals surface area contributed by atoms with Crippen LogP contribution in [-0.4, -0.2) is 48.4 Å². The Hall–Kier alpha value is -2.76. The molecule has 1 spiro atoms. The summed E-state index contributed by atoms with van der Waals surface area (Å²) in [5.74, 6) is 0.0469. The van der Waals surface area contributed by atoms with Crippen molar-refractivity contribution in [1.29, 1.82) is 5.26 Å². The molecular formula is C25H29F3N4O2. The zero-order valence-electron chi connectivity index (χ0n) is 19.0. The van der Waals surface area contributed by atoms with Crippen molar-refractivity contribution >= 4 is 17.5 Å². The summed E-state index contributed by atoms with van der Waals surface area (Å²) >= 11 is 0. The van der Waals surface area contributed by atoms with Gasteiger partial charge in [0.25, 0.3) is 0 Å². The topological polar surface area (TPSA) is 76.4 Å². The monoisotopic (exact) mass is 474 g/mol. The number of nitrogens with zero attached hydrogens (tertiary/aromatic N) is 3. The highest BCUT2D eigenvalue weighted by Crippen LogP contribution is 2.46. The summed E-state index contributed by atoms with van der Waals surface area (Å²) in [5, 5.41) is 12.1. The van der Waals surface area contributed by atoms with E-state index in [0.717, 1.165) is 38.2 Å². The molecule has 2 heterocycles. The first-order valence-corrected chi connectivity index (χ1v) is 12.2. The number of halogens is 3. The number of nitrogens with one attached hydrogen (secondary N) is 1. The van der Waals surface area contributed by atoms with Crippen molar-refractivity contribution in [3.63, 3.8) is 0 Å². The van der Waals surface area contributed by atoms with Crippen LogP contribution in [0.1, 0.15) is 62.5 Å². The Morgan fingerprint density at radius 2 is 1.82 bits per heavy atom. The fraction of sp³-hybridized carbons (Fsp3) is 0.640. The fourth-order valence-corrected chi connectivity index (χ4v) is 5.60. The SMILES string of the molecule is N#Cc1ccc(N2CCC3(CC2)CC(C(=O)NC2CC2)N(C(=O)C2CCC2)C3)cc1C(F)(F)F. The Bertz CT molecular complexity index is 1020. The lowest BCUT2D eigenvalue weighted by atomic mass is 9.76. The van der Waals surface area contributed by atoms with E-state index in [1.54, 1.807) is 17.0 Å². The normalized spacial score (nSPS) is 24.6. The van der Waals surface area contributed by atoms with Gasteiger partial charge >= 0.3 is 6.18 Å². The van der Waals surface area contributed by atoms with E-state index in [2.05, 4.69) is 5.32 Å². The van der Waals surface area contributed by atoms with Crippen LogP contribution in [0.3, 0.4) is 0 Å². The molecule has 4 fully saturated rings. The van der Waals surface area contributed by atoms with Gasteiger partial charge in [0.2, 0.25) is 11.8 Å². The van der Waals surface area contributed by atoms with E-state index in [-0.39, 0.29) is 34.8 Å². The van der Waals surface area contributed by atoms with Gasteiger partial charge in [-0.15, -0.1) is 0 Å². The number of rotatable bonds is 4. The van der Waals surface area contributed by atoms with Crippen LogP contribution in [0.25, 0.3) is 0 Å². The summed E-state index contributed by atoms with van der Waals surface area (Å²) in [6, 6.07) is 5.26. The first-order chi connectivity index (χ1) is 16.2. The highest BCUT2D eigenvalue weighted by Gasteiger charge is 2.51. The van der Waals surface area contributed by atoms with Gasteiger partial charge in [-0.1, -0.05) is 6.42 Å². The molecule has 6 nitrogen and oxygen atoms in total. The zero-order valence-corrected chi connectivity index (χ0v) is 19.0. The maximum absolute atomic E-state index is 13.4. The van der Waals surface area contributed by atoms with E-state index >= 15 is 0 Å². The molecule has 1 unspecified atom stereocenters. The van der Waals surface area contributed by atoms with Gasteiger partial charge in [0.15, 0.2) is 0 Å². The largest absolute Gasteiger partial charge is 0.417 e. The highest BCUT2D eigenvalue weighted by atomic mass is 19.4. The molecule has 34 heavy (non-hydrogen) atoms. The third-order valence-corrected chi connectivity index (χ3v) is 8.09. The third kappa shape index (κ3) is 4.35. The molecule has 2 saturated carbocycles. The van der Waals surface area contributed by atoms with Crippen molar-refractivity contribution in [2.75, 3.05) is 24.5 Å². The highest BCUT2D eigenvalue weighted by molar-refractivity contribution is 5.90. The molecule has 182 valence electrons. The summed E-state index contributed by atoms with van der Waals surface area (Å²) in [4.78, 5) is 29.9. The molecule has 2 aliphatic heterocycles. The molecule has 2 saturated heterocycles. The second-order valence-electron chi connectivity index (χ2n) is 10.4. The van der Waals surface area contributed by atoms with E-state index in [9.17, 15) is 22.8 Å². The number of amides is 2. The van der Waals surface area contributed by atoms with Crippen molar-refractivity contribution in [3.05, 3.63) is 29.3 Å². The maximum atomic E-state index is 13.4. The van der Waals surface area contributed by atoms with Crippen LogP contribution in [0.5, 0.6) is 0 Å². The number of anilines is 1. The van der Waals surface area contributed by atoms with Crippen molar-refractivity contribution in [2.24, 2.45) is 11.3 Å². The van der Waals surface area contributed by atoms with Gasteiger partial charge in [0, 0.05) is 37.3 Å². The molecule has 5 rings (SSSR count). The van der Waals surface area contributed by atoms with Crippen molar-refractivity contribution in [1.82, 2.24) is 10.2 Å². The number of carbonyl (C=O) groups is 2. The Balaban J connectivity index is 1.31. The van der Waals surface area contributed by atoms with Crippen LogP contribution in [0.15, 0.2) is 18.2 Å². The lowest BCUT2D eigenvalue weighted by Crippen LogP contribution is -2.49. The number of carbonyl (C=O) groups excluding carboxylic acids is 2. The molecule has 2 aliphatic carbocycles. The van der Waals surface area contributed by atoms with Gasteiger partial charge in [-0.05, 0) is 68.6 Å². The number of piperidine rings is 1. The lowest BCUT2D eigenvalue weighted by molar-refractivity contribution is -0.143. The summed E-state index contributed by atoms with van der Waals surface area (Å²) in [6.07, 6.45) is 2.22. The number of hydrogen-bond acceptors (Lipinski definition) is 4. The van der Waals surface area contributed by atoms with Crippen LogP contribution < -0.4 is 10.2 Å². The molecular weight excluding hydrogens is 445 g/mol. The summed E-state index contributed by atoms with van der Waals surface area (Å²) in [6.45, 7) is 1.64. The van der Waals surface area contributed by atoms with Gasteiger partial charge in [-0.3, -0.25) is 9.59 Å². The molecule has 1 atom stereocenters. The number of hydrogen-bond donors (Lipinski definition) is 1. The third-order valence-electron chi connectivity index (χ3n) is 8.09. The molecule has 0 bridgehead atoms. The van der Waals surface area contributed by atoms with Crippen molar-refractivity contribution in [3.8, 4) is 6.07 Å². The summed E-state index contributed by atoms with van der Waals surface area (Å²) < 4.78 is 40.2. The summed E-state index contributed by atoms with van der Waals surface area (Å²) in [5.41, 5.74) is -1.04. The average molecular weight is 475 g/mol. The minimum Gasteiger partial charge on any atom is -0.371 e. The van der Waals surface area contributed by atoms with Gasteiger partial charge in [-0.25, -0.2) is 0 Å². The van der Waals surface area contributed by atoms with E-state index in [4.69, 9.17) is 5.26 Å². The molecule has 9 heteroatoms. The molecule has 1 aromatic rings. The minimum absolute atomic E-state index is 0.0194. The van der Waals surface area contributed by atoms with Crippen molar-refractivity contribution in [2.45, 2.75) is 69.6 Å². The molecule has 1 aromatic carbocycles. The average Bonchev–Trinajstić information content (AvgIpc) is 3.51. The molecule has 2 amide bonds. The summed E-state index contributed by atoms with van der Waals surface area (Å²) in [7, 11) is 0. The molecule has 0 radical (unpaired) electrons. The number of nitriles is 1. The van der Waals surface area contributed by atoms with Gasteiger partial charge in [0.05, 0.1) is 17.2 Å². The van der Waals surface area contributed by atoms with E-state index in [1.165, 1.54) is 6.07 Å². The second-order valence-corrected chi connectivity index (χ2v) is 10.4. The van der Waals surface area contributed by atoms with Crippen LogP contribution in [0, 0.1) is 22.7 Å². The standard InChI is InChI=1S/C25H29F3N4O2/c26-25(27,28)20-12-19(7-4-17(20)14-29)31-10-8-24(9-11-31)13-21(22(33)30-18-5-6-18)32(15-24)23(34)16-2-1-3-16/h4,7,12,16,18,21H,1-3,5-6,8-11,13,15H2,(H,30,33). The number of benzene rings is 1. The molecule has 1 N–H and O–H groups in total. The quantitative estimate of drug-likeness (QED) is 0.720. The molecule has 0 aromatic heterocycles.